The molecule has 2 aromatic rings. The summed E-state index contributed by atoms with van der Waals surface area (Å²) in [6, 6.07) is 5.96. The van der Waals surface area contributed by atoms with Gasteiger partial charge in [0.1, 0.15) is 5.82 Å². The van der Waals surface area contributed by atoms with Crippen molar-refractivity contribution in [2.24, 2.45) is 5.92 Å². The normalized spacial score (nSPS) is 21.8. The lowest BCUT2D eigenvalue weighted by molar-refractivity contribution is -0.126. The van der Waals surface area contributed by atoms with Crippen LogP contribution in [0.4, 0.5) is 4.39 Å². The van der Waals surface area contributed by atoms with Crippen molar-refractivity contribution in [1.82, 2.24) is 13.6 Å². The number of carbonyl (C=O) groups is 2. The minimum atomic E-state index is -0.594. The topological polar surface area (TPSA) is 63.2 Å². The Morgan fingerprint density at radius 1 is 1.30 bits per heavy atom. The molecule has 2 fully saturated rings. The predicted molar refractivity (Wildman–Crippen MR) is 120 cm³/mol. The molecule has 0 N–H and O–H groups in total. The minimum Gasteiger partial charge on any atom is -0.297 e. The van der Waals surface area contributed by atoms with Crippen molar-refractivity contribution >= 4 is 52.9 Å². The van der Waals surface area contributed by atoms with Gasteiger partial charge in [-0.3, -0.25) is 14.5 Å². The lowest BCUT2D eigenvalue weighted by atomic mass is 9.93. The highest BCUT2D eigenvalue weighted by Gasteiger charge is 2.41. The van der Waals surface area contributed by atoms with E-state index >= 15 is 0 Å². The highest BCUT2D eigenvalue weighted by Crippen LogP contribution is 2.40. The van der Waals surface area contributed by atoms with E-state index in [9.17, 15) is 14.0 Å². The van der Waals surface area contributed by atoms with Crippen molar-refractivity contribution in [3.63, 3.8) is 0 Å². The number of benzene rings is 1. The second-order valence-corrected chi connectivity index (χ2v) is 9.45. The minimum absolute atomic E-state index is 0. The number of rotatable bonds is 6. The SMILES string of the molecule is CC(=O)SC1CCN(C(C(=O)C2CC2)c2ccccc2F)CC1=Cc1cnsn1.Cl. The van der Waals surface area contributed by atoms with E-state index in [-0.39, 0.29) is 40.3 Å². The molecule has 1 aromatic carbocycles. The molecule has 160 valence electrons. The number of thioether (sulfide) groups is 1. The third-order valence-corrected chi connectivity index (χ3v) is 6.96. The molecule has 30 heavy (non-hydrogen) atoms. The predicted octanol–water partition coefficient (Wildman–Crippen LogP) is 4.56. The molecule has 1 aromatic heterocycles. The number of ketones is 1. The maximum atomic E-state index is 14.6. The lowest BCUT2D eigenvalue weighted by Gasteiger charge is -2.38. The molecule has 5 nitrogen and oxygen atoms in total. The fraction of sp³-hybridized carbons (Fsp3) is 0.429. The fourth-order valence-electron chi connectivity index (χ4n) is 3.82. The van der Waals surface area contributed by atoms with Gasteiger partial charge in [0, 0.05) is 36.7 Å². The van der Waals surface area contributed by atoms with Crippen LogP contribution in [0.25, 0.3) is 6.08 Å². The number of halogens is 2. The summed E-state index contributed by atoms with van der Waals surface area (Å²) in [5, 5.41) is 0.0909. The first-order valence-electron chi connectivity index (χ1n) is 9.70. The summed E-state index contributed by atoms with van der Waals surface area (Å²) in [4.78, 5) is 26.9. The van der Waals surface area contributed by atoms with Crippen molar-refractivity contribution in [1.29, 1.82) is 0 Å². The van der Waals surface area contributed by atoms with Gasteiger partial charge in [-0.2, -0.15) is 8.75 Å². The Kier molecular flexibility index (Phi) is 7.79. The largest absolute Gasteiger partial charge is 0.297 e. The Morgan fingerprint density at radius 2 is 2.07 bits per heavy atom. The molecule has 1 aliphatic carbocycles. The van der Waals surface area contributed by atoms with Gasteiger partial charge in [0.05, 0.1) is 29.7 Å². The Balaban J connectivity index is 0.00000256. The van der Waals surface area contributed by atoms with Gasteiger partial charge in [-0.05, 0) is 37.0 Å². The molecule has 2 unspecified atom stereocenters. The average molecular weight is 468 g/mol. The molecule has 4 rings (SSSR count). The van der Waals surface area contributed by atoms with Crippen LogP contribution >= 0.6 is 35.9 Å². The Morgan fingerprint density at radius 3 is 2.70 bits per heavy atom. The molecule has 0 amide bonds. The molecule has 1 saturated carbocycles. The van der Waals surface area contributed by atoms with E-state index < -0.39 is 6.04 Å². The average Bonchev–Trinajstić information content (AvgIpc) is 3.42. The third-order valence-electron chi connectivity index (χ3n) is 5.31. The van der Waals surface area contributed by atoms with Crippen LogP contribution in [0.2, 0.25) is 0 Å². The summed E-state index contributed by atoms with van der Waals surface area (Å²) in [6.07, 6.45) is 6.13. The van der Waals surface area contributed by atoms with Gasteiger partial charge in [-0.25, -0.2) is 4.39 Å². The van der Waals surface area contributed by atoms with Crippen molar-refractivity contribution in [3.05, 3.63) is 53.1 Å². The number of Topliss-reactive ketones (excluding diaryl/α,β-unsaturated/α-hetero) is 1. The zero-order valence-corrected chi connectivity index (χ0v) is 18.9. The quantitative estimate of drug-likeness (QED) is 0.620. The molecule has 2 atom stereocenters. The second kappa shape index (κ2) is 10.1. The van der Waals surface area contributed by atoms with Crippen molar-refractivity contribution < 1.29 is 14.0 Å². The molecule has 0 bridgehead atoms. The van der Waals surface area contributed by atoms with Crippen molar-refractivity contribution in [2.75, 3.05) is 13.1 Å². The van der Waals surface area contributed by atoms with E-state index in [1.165, 1.54) is 17.8 Å². The van der Waals surface area contributed by atoms with E-state index in [0.717, 1.165) is 42.3 Å². The molecule has 9 heteroatoms. The maximum Gasteiger partial charge on any atom is 0.186 e. The van der Waals surface area contributed by atoms with Crippen LogP contribution in [0.3, 0.4) is 0 Å². The summed E-state index contributed by atoms with van der Waals surface area (Å²) >= 11 is 2.44. The fourth-order valence-corrected chi connectivity index (χ4v) is 5.14. The summed E-state index contributed by atoms with van der Waals surface area (Å²) in [5.74, 6) is -0.220. The summed E-state index contributed by atoms with van der Waals surface area (Å²) in [6.45, 7) is 2.70. The number of hydrogen-bond acceptors (Lipinski definition) is 7. The smallest absolute Gasteiger partial charge is 0.186 e. The zero-order valence-electron chi connectivity index (χ0n) is 16.5. The van der Waals surface area contributed by atoms with E-state index in [1.807, 2.05) is 6.08 Å². The first-order valence-corrected chi connectivity index (χ1v) is 11.3. The highest BCUT2D eigenvalue weighted by molar-refractivity contribution is 8.14. The Labute approximate surface area is 189 Å². The van der Waals surface area contributed by atoms with Gasteiger partial charge in [-0.1, -0.05) is 30.0 Å². The number of nitrogens with zero attached hydrogens (tertiary/aromatic N) is 3. The van der Waals surface area contributed by atoms with E-state index in [0.29, 0.717) is 18.7 Å². The molecule has 2 aliphatic rings. The van der Waals surface area contributed by atoms with Crippen molar-refractivity contribution in [2.45, 2.75) is 37.5 Å². The molecule has 2 heterocycles. The first-order chi connectivity index (χ1) is 14.0. The zero-order chi connectivity index (χ0) is 20.4. The van der Waals surface area contributed by atoms with Crippen LogP contribution in [0.15, 0.2) is 36.0 Å². The van der Waals surface area contributed by atoms with Gasteiger partial charge in [0.15, 0.2) is 10.9 Å². The molecule has 1 aliphatic heterocycles. The second-order valence-electron chi connectivity index (χ2n) is 7.51. The maximum absolute atomic E-state index is 14.6. The third kappa shape index (κ3) is 5.35. The molecule has 0 radical (unpaired) electrons. The van der Waals surface area contributed by atoms with Gasteiger partial charge in [0.25, 0.3) is 0 Å². The van der Waals surface area contributed by atoms with Crippen LogP contribution < -0.4 is 0 Å². The molecule has 0 spiro atoms. The number of piperidine rings is 1. The number of hydrogen-bond donors (Lipinski definition) is 0. The van der Waals surface area contributed by atoms with E-state index in [2.05, 4.69) is 13.6 Å². The number of carbonyl (C=O) groups excluding carboxylic acids is 2. The number of likely N-dealkylation sites (tertiary alicyclic amines) is 1. The van der Waals surface area contributed by atoms with Gasteiger partial charge < -0.3 is 0 Å². The molecule has 1 saturated heterocycles. The van der Waals surface area contributed by atoms with E-state index in [4.69, 9.17) is 0 Å². The van der Waals surface area contributed by atoms with Crippen LogP contribution in [0.5, 0.6) is 0 Å². The van der Waals surface area contributed by atoms with Crippen LogP contribution in [0.1, 0.15) is 43.5 Å². The highest BCUT2D eigenvalue weighted by atomic mass is 35.5. The Hall–Kier alpha value is -1.61. The first kappa shape index (κ1) is 23.1. The summed E-state index contributed by atoms with van der Waals surface area (Å²) in [5.41, 5.74) is 2.21. The Bertz CT molecular complexity index is 934. The summed E-state index contributed by atoms with van der Waals surface area (Å²) in [7, 11) is 0. The van der Waals surface area contributed by atoms with Gasteiger partial charge in [0.2, 0.25) is 0 Å². The van der Waals surface area contributed by atoms with Gasteiger partial charge in [-0.15, -0.1) is 12.4 Å². The summed E-state index contributed by atoms with van der Waals surface area (Å²) < 4.78 is 22.9. The molecular formula is C21H23ClFN3O2S2. The number of aromatic nitrogens is 2. The van der Waals surface area contributed by atoms with E-state index in [1.54, 1.807) is 31.3 Å². The standard InChI is InChI=1S/C21H22FN3O2S2.ClH/c1-13(26)28-19-8-9-25(12-15(19)10-16-11-23-29-24-16)20(21(27)14-6-7-14)17-4-2-3-5-18(17)22;/h2-5,10-11,14,19-20H,6-9,12H2,1H3;1H. The van der Waals surface area contributed by atoms with Crippen LogP contribution in [-0.4, -0.2) is 42.9 Å². The van der Waals surface area contributed by atoms with Crippen LogP contribution in [0, 0.1) is 11.7 Å². The monoisotopic (exact) mass is 467 g/mol. The van der Waals surface area contributed by atoms with Crippen molar-refractivity contribution in [3.8, 4) is 0 Å². The molecular weight excluding hydrogens is 445 g/mol. The lowest BCUT2D eigenvalue weighted by Crippen LogP contribution is -2.43. The van der Waals surface area contributed by atoms with Gasteiger partial charge >= 0.3 is 0 Å². The van der Waals surface area contributed by atoms with Crippen LogP contribution in [-0.2, 0) is 9.59 Å².